The molecule has 0 saturated heterocycles. The molecule has 0 amide bonds. The van der Waals surface area contributed by atoms with E-state index in [1.165, 1.54) is 12.1 Å². The largest absolute Gasteiger partial charge is 0.389 e. The normalized spacial score (nSPS) is 17.2. The van der Waals surface area contributed by atoms with Crippen LogP contribution in [0.4, 0.5) is 0 Å². The highest BCUT2D eigenvalue weighted by Gasteiger charge is 2.36. The molecule has 2 rings (SSSR count). The molecule has 0 aliphatic carbocycles. The van der Waals surface area contributed by atoms with Crippen molar-refractivity contribution >= 4 is 26.5 Å². The lowest BCUT2D eigenvalue weighted by molar-refractivity contribution is 0.0123. The van der Waals surface area contributed by atoms with Crippen molar-refractivity contribution in [3.05, 3.63) is 34.3 Å². The fourth-order valence-corrected chi connectivity index (χ4v) is 3.58. The third kappa shape index (κ3) is 3.11. The minimum atomic E-state index is -3.62. The van der Waals surface area contributed by atoms with Crippen molar-refractivity contribution in [2.45, 2.75) is 31.6 Å². The van der Waals surface area contributed by atoms with E-state index in [9.17, 15) is 8.42 Å². The van der Waals surface area contributed by atoms with E-state index in [0.717, 1.165) is 0 Å². The molecule has 106 valence electrons. The lowest BCUT2D eigenvalue weighted by Gasteiger charge is -2.13. The number of benzene rings is 1. The Bertz CT molecular complexity index is 718. The summed E-state index contributed by atoms with van der Waals surface area (Å²) >= 11 is 5.85. The second kappa shape index (κ2) is 5.08. The van der Waals surface area contributed by atoms with Crippen LogP contribution in [0.5, 0.6) is 0 Å². The molecule has 0 aromatic heterocycles. The molecule has 0 radical (unpaired) electrons. The van der Waals surface area contributed by atoms with Gasteiger partial charge in [-0.1, -0.05) is 16.8 Å². The maximum Gasteiger partial charge on any atom is 0.199 e. The number of halogens is 1. The highest BCUT2D eigenvalue weighted by atomic mass is 35.5. The van der Waals surface area contributed by atoms with Gasteiger partial charge >= 0.3 is 0 Å². The number of sulfone groups is 1. The Kier molecular flexibility index (Phi) is 3.76. The van der Waals surface area contributed by atoms with Gasteiger partial charge < -0.3 is 4.84 Å². The summed E-state index contributed by atoms with van der Waals surface area (Å²) in [6.45, 7) is 3.53. The molecule has 1 aliphatic rings. The van der Waals surface area contributed by atoms with Crippen molar-refractivity contribution in [3.8, 4) is 6.07 Å². The maximum atomic E-state index is 12.3. The molecule has 5 nitrogen and oxygen atoms in total. The summed E-state index contributed by atoms with van der Waals surface area (Å²) in [4.78, 5) is 5.07. The summed E-state index contributed by atoms with van der Waals surface area (Å²) in [5.41, 5.74) is 0.0404. The molecular formula is C13H13ClN2O3S. The average Bonchev–Trinajstić information content (AvgIpc) is 2.70. The molecule has 0 bridgehead atoms. The second-order valence-corrected chi connectivity index (χ2v) is 7.61. The fraction of sp³-hybridized carbons (Fsp3) is 0.385. The first-order valence-electron chi connectivity index (χ1n) is 5.90. The topological polar surface area (TPSA) is 79.5 Å². The van der Waals surface area contributed by atoms with E-state index < -0.39 is 15.4 Å². The summed E-state index contributed by atoms with van der Waals surface area (Å²) in [5.74, 6) is -0.311. The average molecular weight is 313 g/mol. The van der Waals surface area contributed by atoms with Crippen LogP contribution in [0.3, 0.4) is 0 Å². The lowest BCUT2D eigenvalue weighted by atomic mass is 10.1. The third-order valence-corrected chi connectivity index (χ3v) is 4.73. The van der Waals surface area contributed by atoms with Gasteiger partial charge in [0.2, 0.25) is 0 Å². The van der Waals surface area contributed by atoms with Crippen LogP contribution in [0.15, 0.2) is 23.4 Å². The zero-order valence-corrected chi connectivity index (χ0v) is 12.6. The fourth-order valence-electron chi connectivity index (χ4n) is 1.85. The maximum absolute atomic E-state index is 12.3. The van der Waals surface area contributed by atoms with Gasteiger partial charge in [0, 0.05) is 11.4 Å². The van der Waals surface area contributed by atoms with Crippen molar-refractivity contribution < 1.29 is 13.3 Å². The van der Waals surface area contributed by atoms with Gasteiger partial charge in [-0.05, 0) is 37.6 Å². The van der Waals surface area contributed by atoms with E-state index in [1.54, 1.807) is 19.9 Å². The van der Waals surface area contributed by atoms with E-state index in [1.807, 2.05) is 6.07 Å². The van der Waals surface area contributed by atoms with Gasteiger partial charge in [-0.2, -0.15) is 5.26 Å². The number of nitrogens with zero attached hydrogens (tertiary/aromatic N) is 2. The summed E-state index contributed by atoms with van der Waals surface area (Å²) in [6, 6.07) is 6.50. The second-order valence-electron chi connectivity index (χ2n) is 5.19. The predicted octanol–water partition coefficient (Wildman–Crippen LogP) is 2.64. The highest BCUT2D eigenvalue weighted by Crippen LogP contribution is 2.27. The minimum absolute atomic E-state index is 0.00589. The molecule has 0 N–H and O–H groups in total. The van der Waals surface area contributed by atoms with Gasteiger partial charge in [0.15, 0.2) is 14.9 Å². The molecular weight excluding hydrogens is 300 g/mol. The quantitative estimate of drug-likeness (QED) is 0.840. The molecule has 20 heavy (non-hydrogen) atoms. The summed E-state index contributed by atoms with van der Waals surface area (Å²) in [5, 5.41) is 13.1. The van der Waals surface area contributed by atoms with Crippen LogP contribution < -0.4 is 0 Å². The molecule has 0 saturated carbocycles. The highest BCUT2D eigenvalue weighted by molar-refractivity contribution is 8.05. The molecule has 1 heterocycles. The van der Waals surface area contributed by atoms with Crippen LogP contribution in [0, 0.1) is 11.3 Å². The predicted molar refractivity (Wildman–Crippen MR) is 76.0 cm³/mol. The van der Waals surface area contributed by atoms with Crippen LogP contribution in [0.1, 0.15) is 31.4 Å². The van der Waals surface area contributed by atoms with Crippen molar-refractivity contribution in [1.82, 2.24) is 0 Å². The molecule has 7 heteroatoms. The first-order chi connectivity index (χ1) is 9.23. The standard InChI is InChI=1S/C13H13ClN2O3S/c1-13(2)6-12(16-19-13)20(17,18)8-10-5-11(14)4-3-9(10)7-15/h3-5H,6,8H2,1-2H3. The van der Waals surface area contributed by atoms with E-state index in [4.69, 9.17) is 21.7 Å². The van der Waals surface area contributed by atoms with Gasteiger partial charge in [-0.3, -0.25) is 0 Å². The van der Waals surface area contributed by atoms with Crippen LogP contribution in [0.25, 0.3) is 0 Å². The third-order valence-electron chi connectivity index (χ3n) is 2.86. The number of hydrogen-bond acceptors (Lipinski definition) is 5. The van der Waals surface area contributed by atoms with Crippen LogP contribution in [0.2, 0.25) is 5.02 Å². The van der Waals surface area contributed by atoms with Crippen LogP contribution in [-0.2, 0) is 20.4 Å². The molecule has 1 aliphatic heterocycles. The van der Waals surface area contributed by atoms with Crippen molar-refractivity contribution in [3.63, 3.8) is 0 Å². The van der Waals surface area contributed by atoms with E-state index in [2.05, 4.69) is 5.16 Å². The Balaban J connectivity index is 2.31. The Labute approximate surface area is 122 Å². The molecule has 0 unspecified atom stereocenters. The van der Waals surface area contributed by atoms with Crippen LogP contribution >= 0.6 is 11.6 Å². The van der Waals surface area contributed by atoms with Crippen LogP contribution in [-0.4, -0.2) is 19.1 Å². The summed E-state index contributed by atoms with van der Waals surface area (Å²) in [6.07, 6.45) is 0.220. The van der Waals surface area contributed by atoms with Gasteiger partial charge in [-0.25, -0.2) is 8.42 Å². The van der Waals surface area contributed by atoms with Gasteiger partial charge in [0.1, 0.15) is 5.60 Å². The zero-order chi connectivity index (χ0) is 15.0. The zero-order valence-electron chi connectivity index (χ0n) is 11.1. The molecule has 1 aromatic carbocycles. The number of nitriles is 1. The van der Waals surface area contributed by atoms with Crippen molar-refractivity contribution in [2.24, 2.45) is 5.16 Å². The number of oxime groups is 1. The molecule has 0 atom stereocenters. The molecule has 1 aromatic rings. The minimum Gasteiger partial charge on any atom is -0.389 e. The van der Waals surface area contributed by atoms with Gasteiger partial charge in [0.25, 0.3) is 0 Å². The first-order valence-corrected chi connectivity index (χ1v) is 7.93. The summed E-state index contributed by atoms with van der Waals surface area (Å²) in [7, 11) is -3.62. The van der Waals surface area contributed by atoms with Crippen molar-refractivity contribution in [1.29, 1.82) is 5.26 Å². The van der Waals surface area contributed by atoms with E-state index in [0.29, 0.717) is 10.6 Å². The molecule has 0 spiro atoms. The smallest absolute Gasteiger partial charge is 0.199 e. The Morgan fingerprint density at radius 1 is 1.50 bits per heavy atom. The summed E-state index contributed by atoms with van der Waals surface area (Å²) < 4.78 is 24.6. The van der Waals surface area contributed by atoms with E-state index in [-0.39, 0.29) is 22.8 Å². The Morgan fingerprint density at radius 3 is 2.75 bits per heavy atom. The number of rotatable bonds is 2. The SMILES string of the molecule is CC1(C)CC(S(=O)(=O)Cc2cc(Cl)ccc2C#N)=NO1. The lowest BCUT2D eigenvalue weighted by Crippen LogP contribution is -2.23. The van der Waals surface area contributed by atoms with Gasteiger partial charge in [-0.15, -0.1) is 0 Å². The van der Waals surface area contributed by atoms with E-state index >= 15 is 0 Å². The van der Waals surface area contributed by atoms with Crippen molar-refractivity contribution in [2.75, 3.05) is 0 Å². The number of hydrogen-bond donors (Lipinski definition) is 0. The Morgan fingerprint density at radius 2 is 2.20 bits per heavy atom. The monoisotopic (exact) mass is 312 g/mol. The molecule has 0 fully saturated rings. The Hall–Kier alpha value is -1.58. The first kappa shape index (κ1) is 14.8. The van der Waals surface area contributed by atoms with Gasteiger partial charge in [0.05, 0.1) is 17.4 Å².